The highest BCUT2D eigenvalue weighted by atomic mass is 16.5. The number of methoxy groups -OCH3 is 1. The highest BCUT2D eigenvalue weighted by Crippen LogP contribution is 2.38. The summed E-state index contributed by atoms with van der Waals surface area (Å²) >= 11 is 0. The van der Waals surface area contributed by atoms with E-state index in [0.717, 1.165) is 19.4 Å². The molecule has 0 amide bonds. The number of esters is 1. The minimum absolute atomic E-state index is 0.0172. The first kappa shape index (κ1) is 16.9. The maximum Gasteiger partial charge on any atom is 0.337 e. The van der Waals surface area contributed by atoms with Crippen LogP contribution in [-0.4, -0.2) is 31.2 Å². The number of ether oxygens (including phenoxy) is 2. The Balaban J connectivity index is 1.68. The molecule has 0 aliphatic carbocycles. The molecule has 1 aromatic heterocycles. The number of aromatic nitrogens is 1. The lowest BCUT2D eigenvalue weighted by Gasteiger charge is -2.34. The summed E-state index contributed by atoms with van der Waals surface area (Å²) in [5.74, 6) is -0.219. The first-order valence-electron chi connectivity index (χ1n) is 9.08. The molecule has 4 rings (SSSR count). The predicted molar refractivity (Wildman–Crippen MR) is 101 cm³/mol. The molecule has 136 valence electrons. The van der Waals surface area contributed by atoms with Gasteiger partial charge in [-0.3, -0.25) is 0 Å². The molecule has 26 heavy (non-hydrogen) atoms. The van der Waals surface area contributed by atoms with Gasteiger partial charge in [-0.15, -0.1) is 6.58 Å². The fraction of sp³-hybridized carbons (Fsp3) is 0.381. The van der Waals surface area contributed by atoms with E-state index in [4.69, 9.17) is 9.47 Å². The van der Waals surface area contributed by atoms with Crippen molar-refractivity contribution in [2.45, 2.75) is 18.9 Å². The standard InChI is InChI=1S/C21H24N2O3/c1-3-13-11-26-12-17(21(24)25-2)16(13)10-19-20-15(8-9-22-19)14-6-4-5-7-18(14)23-20/h3-7,12-13,16,19,22-23H,1,8-11H2,2H3. The van der Waals surface area contributed by atoms with Crippen molar-refractivity contribution in [2.75, 3.05) is 20.3 Å². The van der Waals surface area contributed by atoms with Gasteiger partial charge >= 0.3 is 5.97 Å². The monoisotopic (exact) mass is 352 g/mol. The fourth-order valence-corrected chi connectivity index (χ4v) is 4.25. The van der Waals surface area contributed by atoms with Gasteiger partial charge in [0.15, 0.2) is 0 Å². The molecular weight excluding hydrogens is 328 g/mol. The van der Waals surface area contributed by atoms with Crippen molar-refractivity contribution >= 4 is 16.9 Å². The number of H-pyrrole nitrogens is 1. The quantitative estimate of drug-likeness (QED) is 0.655. The topological polar surface area (TPSA) is 63.4 Å². The first-order valence-corrected chi connectivity index (χ1v) is 9.08. The molecule has 3 atom stereocenters. The Labute approximate surface area is 153 Å². The second kappa shape index (κ2) is 7.00. The number of carbonyl (C=O) groups excluding carboxylic acids is 1. The van der Waals surface area contributed by atoms with Crippen LogP contribution in [0.1, 0.15) is 23.7 Å². The predicted octanol–water partition coefficient (Wildman–Crippen LogP) is 3.25. The summed E-state index contributed by atoms with van der Waals surface area (Å²) in [6.45, 7) is 5.41. The molecule has 5 heteroatoms. The minimum atomic E-state index is -0.325. The summed E-state index contributed by atoms with van der Waals surface area (Å²) < 4.78 is 10.5. The van der Waals surface area contributed by atoms with E-state index in [1.54, 1.807) is 6.26 Å². The molecule has 2 aliphatic heterocycles. The van der Waals surface area contributed by atoms with Crippen LogP contribution in [0.4, 0.5) is 0 Å². The average molecular weight is 352 g/mol. The zero-order valence-electron chi connectivity index (χ0n) is 15.0. The zero-order chi connectivity index (χ0) is 18.1. The Hall–Kier alpha value is -2.53. The number of carbonyl (C=O) groups is 1. The van der Waals surface area contributed by atoms with Crippen molar-refractivity contribution in [2.24, 2.45) is 11.8 Å². The Morgan fingerprint density at radius 3 is 3.08 bits per heavy atom. The summed E-state index contributed by atoms with van der Waals surface area (Å²) in [4.78, 5) is 15.8. The van der Waals surface area contributed by atoms with Gasteiger partial charge in [0.1, 0.15) is 0 Å². The Bertz CT molecular complexity index is 867. The van der Waals surface area contributed by atoms with E-state index in [0.29, 0.717) is 12.2 Å². The van der Waals surface area contributed by atoms with Crippen LogP contribution in [0.25, 0.3) is 10.9 Å². The summed E-state index contributed by atoms with van der Waals surface area (Å²) in [5.41, 5.74) is 4.38. The zero-order valence-corrected chi connectivity index (χ0v) is 15.0. The molecule has 2 N–H and O–H groups in total. The van der Waals surface area contributed by atoms with Crippen LogP contribution in [0.5, 0.6) is 0 Å². The molecule has 2 aromatic rings. The molecule has 0 radical (unpaired) electrons. The van der Waals surface area contributed by atoms with Gasteiger partial charge in [-0.2, -0.15) is 0 Å². The maximum absolute atomic E-state index is 12.2. The minimum Gasteiger partial charge on any atom is -0.500 e. The van der Waals surface area contributed by atoms with Crippen LogP contribution in [0.15, 0.2) is 48.8 Å². The molecule has 0 saturated carbocycles. The van der Waals surface area contributed by atoms with Crippen LogP contribution >= 0.6 is 0 Å². The summed E-state index contributed by atoms with van der Waals surface area (Å²) in [5, 5.41) is 4.92. The van der Waals surface area contributed by atoms with Crippen molar-refractivity contribution in [3.63, 3.8) is 0 Å². The number of fused-ring (bicyclic) bond motifs is 3. The lowest BCUT2D eigenvalue weighted by atomic mass is 9.79. The van der Waals surface area contributed by atoms with E-state index in [2.05, 4.69) is 41.1 Å². The van der Waals surface area contributed by atoms with E-state index in [-0.39, 0.29) is 23.8 Å². The van der Waals surface area contributed by atoms with Crippen LogP contribution in [0.3, 0.4) is 0 Å². The van der Waals surface area contributed by atoms with Crippen molar-refractivity contribution in [3.8, 4) is 0 Å². The lowest BCUT2D eigenvalue weighted by Crippen LogP contribution is -2.36. The van der Waals surface area contributed by atoms with Gasteiger partial charge in [0.05, 0.1) is 25.6 Å². The van der Waals surface area contributed by atoms with Gasteiger partial charge in [-0.1, -0.05) is 24.3 Å². The molecule has 0 saturated heterocycles. The van der Waals surface area contributed by atoms with Gasteiger partial charge in [-0.25, -0.2) is 4.79 Å². The molecule has 0 bridgehead atoms. The Morgan fingerprint density at radius 1 is 1.42 bits per heavy atom. The molecule has 0 spiro atoms. The summed E-state index contributed by atoms with van der Waals surface area (Å²) in [6, 6.07) is 8.58. The first-order chi connectivity index (χ1) is 12.7. The SMILES string of the molecule is C=CC1COC=C(C(=O)OC)C1CC1NCCc2c1[nH]c1ccccc21. The molecule has 3 unspecified atom stereocenters. The number of nitrogens with one attached hydrogen (secondary N) is 2. The average Bonchev–Trinajstić information content (AvgIpc) is 3.07. The van der Waals surface area contributed by atoms with Gasteiger partial charge in [0.25, 0.3) is 0 Å². The highest BCUT2D eigenvalue weighted by Gasteiger charge is 2.36. The molecule has 3 heterocycles. The van der Waals surface area contributed by atoms with Gasteiger partial charge in [-0.05, 0) is 31.0 Å². The highest BCUT2D eigenvalue weighted by molar-refractivity contribution is 5.89. The van der Waals surface area contributed by atoms with Crippen LogP contribution in [-0.2, 0) is 20.7 Å². The second-order valence-corrected chi connectivity index (χ2v) is 6.96. The van der Waals surface area contributed by atoms with Crippen LogP contribution < -0.4 is 5.32 Å². The van der Waals surface area contributed by atoms with Crippen molar-refractivity contribution in [1.29, 1.82) is 0 Å². The third kappa shape index (κ3) is 2.82. The van der Waals surface area contributed by atoms with E-state index >= 15 is 0 Å². The van der Waals surface area contributed by atoms with Crippen molar-refractivity contribution in [3.05, 3.63) is 60.0 Å². The Morgan fingerprint density at radius 2 is 2.27 bits per heavy atom. The van der Waals surface area contributed by atoms with E-state index in [1.165, 1.54) is 29.3 Å². The van der Waals surface area contributed by atoms with Crippen LogP contribution in [0.2, 0.25) is 0 Å². The fourth-order valence-electron chi connectivity index (χ4n) is 4.25. The lowest BCUT2D eigenvalue weighted by molar-refractivity contribution is -0.137. The molecule has 2 aliphatic rings. The van der Waals surface area contributed by atoms with E-state index in [9.17, 15) is 4.79 Å². The van der Waals surface area contributed by atoms with Gasteiger partial charge < -0.3 is 19.8 Å². The molecule has 1 aromatic carbocycles. The van der Waals surface area contributed by atoms with Gasteiger partial charge in [0, 0.05) is 34.5 Å². The number of benzene rings is 1. The van der Waals surface area contributed by atoms with Gasteiger partial charge in [0.2, 0.25) is 0 Å². The van der Waals surface area contributed by atoms with E-state index < -0.39 is 0 Å². The number of hydrogen-bond donors (Lipinski definition) is 2. The van der Waals surface area contributed by atoms with Crippen molar-refractivity contribution < 1.29 is 14.3 Å². The molecular formula is C21H24N2O3. The largest absolute Gasteiger partial charge is 0.500 e. The molecule has 5 nitrogen and oxygen atoms in total. The Kier molecular flexibility index (Phi) is 4.55. The second-order valence-electron chi connectivity index (χ2n) is 6.96. The maximum atomic E-state index is 12.2. The number of hydrogen-bond acceptors (Lipinski definition) is 4. The summed E-state index contributed by atoms with van der Waals surface area (Å²) in [7, 11) is 1.41. The number of rotatable bonds is 4. The number of aromatic amines is 1. The third-order valence-corrected chi connectivity index (χ3v) is 5.59. The smallest absolute Gasteiger partial charge is 0.337 e. The third-order valence-electron chi connectivity index (χ3n) is 5.59. The molecule has 0 fully saturated rings. The summed E-state index contributed by atoms with van der Waals surface area (Å²) in [6.07, 6.45) is 5.25. The normalized spacial score (nSPS) is 25.1. The van der Waals surface area contributed by atoms with Crippen molar-refractivity contribution in [1.82, 2.24) is 10.3 Å². The number of para-hydroxylation sites is 1. The van der Waals surface area contributed by atoms with Crippen LogP contribution in [0, 0.1) is 11.8 Å². The van der Waals surface area contributed by atoms with E-state index in [1.807, 2.05) is 6.08 Å².